The summed E-state index contributed by atoms with van der Waals surface area (Å²) in [7, 11) is -1.64. The third-order valence-electron chi connectivity index (χ3n) is 1.96. The van der Waals surface area contributed by atoms with Gasteiger partial charge < -0.3 is 4.43 Å². The van der Waals surface area contributed by atoms with Crippen molar-refractivity contribution < 1.29 is 9.22 Å². The molecule has 2 nitrogen and oxygen atoms in total. The van der Waals surface area contributed by atoms with Gasteiger partial charge in [0.1, 0.15) is 6.10 Å². The predicted molar refractivity (Wildman–Crippen MR) is 64.7 cm³/mol. The molecule has 0 N–H and O–H groups in total. The van der Waals surface area contributed by atoms with Gasteiger partial charge in [-0.15, -0.1) is 0 Å². The quantitative estimate of drug-likeness (QED) is 0.578. The maximum atomic E-state index is 11.9. The van der Waals surface area contributed by atoms with E-state index < -0.39 is 8.32 Å². The van der Waals surface area contributed by atoms with Crippen molar-refractivity contribution in [1.29, 1.82) is 0 Å². The van der Waals surface area contributed by atoms with Gasteiger partial charge in [-0.25, -0.2) is 0 Å². The van der Waals surface area contributed by atoms with Crippen LogP contribution in [0.1, 0.15) is 17.3 Å². The summed E-state index contributed by atoms with van der Waals surface area (Å²) >= 11 is 0. The molecule has 0 saturated heterocycles. The maximum Gasteiger partial charge on any atom is 0.190 e. The second kappa shape index (κ2) is 4.73. The highest BCUT2D eigenvalue weighted by atomic mass is 28.4. The van der Waals surface area contributed by atoms with Crippen LogP contribution in [-0.4, -0.2) is 20.2 Å². The van der Waals surface area contributed by atoms with E-state index in [4.69, 9.17) is 4.43 Å². The highest BCUT2D eigenvalue weighted by molar-refractivity contribution is 6.69. The number of Topliss-reactive ketones (excluding diaryl/α,β-unsaturated/α-hetero) is 1. The van der Waals surface area contributed by atoms with Crippen LogP contribution >= 0.6 is 0 Å². The summed E-state index contributed by atoms with van der Waals surface area (Å²) in [6.45, 7) is 8.08. The van der Waals surface area contributed by atoms with Crippen LogP contribution < -0.4 is 0 Å². The highest BCUT2D eigenvalue weighted by Crippen LogP contribution is 2.12. The van der Waals surface area contributed by atoms with Gasteiger partial charge in [0.05, 0.1) is 0 Å². The zero-order valence-electron chi connectivity index (χ0n) is 9.78. The summed E-state index contributed by atoms with van der Waals surface area (Å²) in [6, 6.07) is 9.29. The van der Waals surface area contributed by atoms with E-state index in [9.17, 15) is 4.79 Å². The lowest BCUT2D eigenvalue weighted by atomic mass is 10.1. The third kappa shape index (κ3) is 3.97. The second-order valence-electron chi connectivity index (χ2n) is 4.60. The fraction of sp³-hybridized carbons (Fsp3) is 0.417. The van der Waals surface area contributed by atoms with Gasteiger partial charge in [-0.1, -0.05) is 30.3 Å². The molecule has 0 aliphatic carbocycles. The van der Waals surface area contributed by atoms with Gasteiger partial charge in [0.2, 0.25) is 0 Å². The fourth-order valence-corrected chi connectivity index (χ4v) is 2.59. The van der Waals surface area contributed by atoms with E-state index in [-0.39, 0.29) is 11.9 Å². The number of benzene rings is 1. The Labute approximate surface area is 92.4 Å². The van der Waals surface area contributed by atoms with Crippen molar-refractivity contribution in [3.63, 3.8) is 0 Å². The van der Waals surface area contributed by atoms with Crippen LogP contribution in [0.15, 0.2) is 30.3 Å². The molecule has 0 aliphatic rings. The summed E-state index contributed by atoms with van der Waals surface area (Å²) in [6.07, 6.45) is -0.334. The number of rotatable bonds is 4. The van der Waals surface area contributed by atoms with Gasteiger partial charge in [-0.2, -0.15) is 0 Å². The normalized spacial score (nSPS) is 13.6. The molecule has 0 amide bonds. The van der Waals surface area contributed by atoms with Crippen molar-refractivity contribution in [3.05, 3.63) is 35.9 Å². The van der Waals surface area contributed by atoms with Crippen LogP contribution in [0.3, 0.4) is 0 Å². The summed E-state index contributed by atoms with van der Waals surface area (Å²) in [5.74, 6) is 0.0676. The molecule has 0 radical (unpaired) electrons. The van der Waals surface area contributed by atoms with Crippen molar-refractivity contribution >= 4 is 14.1 Å². The van der Waals surface area contributed by atoms with Crippen molar-refractivity contribution in [1.82, 2.24) is 0 Å². The zero-order valence-corrected chi connectivity index (χ0v) is 10.8. The molecule has 0 spiro atoms. The van der Waals surface area contributed by atoms with Gasteiger partial charge in [0, 0.05) is 5.56 Å². The Morgan fingerprint density at radius 1 is 1.20 bits per heavy atom. The largest absolute Gasteiger partial charge is 0.408 e. The molecule has 1 atom stereocenters. The maximum absolute atomic E-state index is 11.9. The van der Waals surface area contributed by atoms with Gasteiger partial charge in [-0.05, 0) is 26.6 Å². The lowest BCUT2D eigenvalue weighted by Crippen LogP contribution is -2.34. The molecule has 1 aromatic carbocycles. The van der Waals surface area contributed by atoms with Crippen LogP contribution in [0.25, 0.3) is 0 Å². The molecule has 0 bridgehead atoms. The molecule has 1 unspecified atom stereocenters. The molecular formula is C12H18O2Si. The Kier molecular flexibility index (Phi) is 3.82. The smallest absolute Gasteiger partial charge is 0.190 e. The standard InChI is InChI=1S/C12H18O2Si/c1-10(14-15(2,3)4)12(13)11-8-6-5-7-9-11/h5-10H,1-4H3. The topological polar surface area (TPSA) is 26.3 Å². The minimum atomic E-state index is -1.64. The monoisotopic (exact) mass is 222 g/mol. The number of hydrogen-bond acceptors (Lipinski definition) is 2. The van der Waals surface area contributed by atoms with Crippen molar-refractivity contribution in [2.75, 3.05) is 0 Å². The molecule has 3 heteroatoms. The van der Waals surface area contributed by atoms with Crippen molar-refractivity contribution in [2.24, 2.45) is 0 Å². The van der Waals surface area contributed by atoms with Crippen molar-refractivity contribution in [2.45, 2.75) is 32.7 Å². The molecule has 0 fully saturated rings. The Balaban J connectivity index is 2.70. The van der Waals surface area contributed by atoms with Crippen molar-refractivity contribution in [3.8, 4) is 0 Å². The summed E-state index contributed by atoms with van der Waals surface area (Å²) in [4.78, 5) is 11.9. The molecule has 0 saturated carbocycles. The van der Waals surface area contributed by atoms with E-state index in [0.717, 1.165) is 5.56 Å². The molecule has 15 heavy (non-hydrogen) atoms. The van der Waals surface area contributed by atoms with Gasteiger partial charge in [0.25, 0.3) is 0 Å². The third-order valence-corrected chi connectivity index (χ3v) is 3.02. The average molecular weight is 222 g/mol. The summed E-state index contributed by atoms with van der Waals surface area (Å²) < 4.78 is 5.74. The summed E-state index contributed by atoms with van der Waals surface area (Å²) in [5, 5.41) is 0. The fourth-order valence-electron chi connectivity index (χ4n) is 1.42. The molecular weight excluding hydrogens is 204 g/mol. The van der Waals surface area contributed by atoms with Crippen LogP contribution in [-0.2, 0) is 4.43 Å². The number of hydrogen-bond donors (Lipinski definition) is 0. The molecule has 0 aliphatic heterocycles. The van der Waals surface area contributed by atoms with Crippen LogP contribution in [0.2, 0.25) is 19.6 Å². The molecule has 1 aromatic rings. The van der Waals surface area contributed by atoms with Crippen LogP contribution in [0.5, 0.6) is 0 Å². The number of carbonyl (C=O) groups is 1. The van der Waals surface area contributed by atoms with E-state index >= 15 is 0 Å². The Bertz CT molecular complexity index is 327. The number of carbonyl (C=O) groups excluding carboxylic acids is 1. The second-order valence-corrected chi connectivity index (χ2v) is 9.06. The van der Waals surface area contributed by atoms with Gasteiger partial charge >= 0.3 is 0 Å². The lowest BCUT2D eigenvalue weighted by molar-refractivity contribution is 0.0807. The van der Waals surface area contributed by atoms with E-state index in [0.29, 0.717) is 0 Å². The highest BCUT2D eigenvalue weighted by Gasteiger charge is 2.23. The van der Waals surface area contributed by atoms with E-state index in [1.807, 2.05) is 37.3 Å². The predicted octanol–water partition coefficient (Wildman–Crippen LogP) is 3.11. The SMILES string of the molecule is CC(O[Si](C)(C)C)C(=O)c1ccccc1. The van der Waals surface area contributed by atoms with E-state index in [1.165, 1.54) is 0 Å². The molecule has 0 aromatic heterocycles. The van der Waals surface area contributed by atoms with E-state index in [1.54, 1.807) is 0 Å². The minimum Gasteiger partial charge on any atom is -0.408 e. The first-order valence-corrected chi connectivity index (χ1v) is 8.58. The molecule has 82 valence electrons. The number of ketones is 1. The molecule has 1 rings (SSSR count). The first-order chi connectivity index (χ1) is 6.90. The van der Waals surface area contributed by atoms with Gasteiger partial charge in [-0.3, -0.25) is 4.79 Å². The zero-order chi connectivity index (χ0) is 11.5. The molecule has 0 heterocycles. The lowest BCUT2D eigenvalue weighted by Gasteiger charge is -2.22. The summed E-state index contributed by atoms with van der Waals surface area (Å²) in [5.41, 5.74) is 0.725. The first kappa shape index (κ1) is 12.1. The minimum absolute atomic E-state index is 0.0676. The Hall–Kier alpha value is -0.933. The van der Waals surface area contributed by atoms with E-state index in [2.05, 4.69) is 19.6 Å². The van der Waals surface area contributed by atoms with Gasteiger partial charge in [0.15, 0.2) is 14.1 Å². The first-order valence-electron chi connectivity index (χ1n) is 5.17. The average Bonchev–Trinajstić information content (AvgIpc) is 2.15. The van der Waals surface area contributed by atoms with Crippen LogP contribution in [0.4, 0.5) is 0 Å². The Morgan fingerprint density at radius 2 is 1.73 bits per heavy atom. The Morgan fingerprint density at radius 3 is 2.20 bits per heavy atom. The van der Waals surface area contributed by atoms with Crippen LogP contribution in [0, 0.1) is 0 Å².